The van der Waals surface area contributed by atoms with Crippen molar-refractivity contribution in [1.82, 2.24) is 0 Å². The molecule has 1 heterocycles. The van der Waals surface area contributed by atoms with Gasteiger partial charge in [0, 0.05) is 17.0 Å². The second-order valence-electron chi connectivity index (χ2n) is 4.70. The number of fused-ring (bicyclic) bond motifs is 1. The highest BCUT2D eigenvalue weighted by Gasteiger charge is 2.20. The Labute approximate surface area is 122 Å². The molecule has 0 aliphatic heterocycles. The van der Waals surface area contributed by atoms with Crippen LogP contribution in [-0.4, -0.2) is 19.3 Å². The third kappa shape index (κ3) is 2.45. The van der Waals surface area contributed by atoms with E-state index in [4.69, 9.17) is 13.9 Å². The molecule has 4 heteroatoms. The first kappa shape index (κ1) is 13.5. The molecule has 0 amide bonds. The average Bonchev–Trinajstić information content (AvgIpc) is 2.97. The Morgan fingerprint density at radius 3 is 2.52 bits per heavy atom. The summed E-state index contributed by atoms with van der Waals surface area (Å²) in [5.41, 5.74) is 1.39. The molecular weight excluding hydrogens is 268 g/mol. The lowest BCUT2D eigenvalue weighted by atomic mass is 10.1. The van der Waals surface area contributed by atoms with Gasteiger partial charge in [-0.15, -0.1) is 0 Å². The molecule has 0 spiro atoms. The molecule has 108 valence electrons. The summed E-state index contributed by atoms with van der Waals surface area (Å²) in [6.07, 6.45) is -0.891. The van der Waals surface area contributed by atoms with Crippen LogP contribution in [0.25, 0.3) is 11.0 Å². The maximum absolute atomic E-state index is 10.6. The SMILES string of the molecule is COc1ccc([C@@H](O)c2cc3ccccc3o2)c(OC)c1. The molecule has 3 rings (SSSR count). The summed E-state index contributed by atoms with van der Waals surface area (Å²) < 4.78 is 16.2. The molecule has 0 unspecified atom stereocenters. The number of para-hydroxylation sites is 1. The van der Waals surface area contributed by atoms with Crippen LogP contribution in [-0.2, 0) is 0 Å². The van der Waals surface area contributed by atoms with Gasteiger partial charge in [-0.25, -0.2) is 0 Å². The van der Waals surface area contributed by atoms with Gasteiger partial charge in [0.05, 0.1) is 14.2 Å². The van der Waals surface area contributed by atoms with E-state index in [9.17, 15) is 5.11 Å². The average molecular weight is 284 g/mol. The van der Waals surface area contributed by atoms with Gasteiger partial charge in [0.2, 0.25) is 0 Å². The van der Waals surface area contributed by atoms with Gasteiger partial charge >= 0.3 is 0 Å². The van der Waals surface area contributed by atoms with Crippen molar-refractivity contribution in [1.29, 1.82) is 0 Å². The van der Waals surface area contributed by atoms with Crippen LogP contribution >= 0.6 is 0 Å². The van der Waals surface area contributed by atoms with E-state index in [2.05, 4.69) is 0 Å². The second kappa shape index (κ2) is 5.50. The van der Waals surface area contributed by atoms with Gasteiger partial charge < -0.3 is 19.0 Å². The normalized spacial score (nSPS) is 12.3. The third-order valence-electron chi connectivity index (χ3n) is 3.45. The molecule has 21 heavy (non-hydrogen) atoms. The Morgan fingerprint density at radius 2 is 1.81 bits per heavy atom. The Kier molecular flexibility index (Phi) is 3.54. The number of benzene rings is 2. The predicted octanol–water partition coefficient (Wildman–Crippen LogP) is 3.53. The molecule has 4 nitrogen and oxygen atoms in total. The molecule has 1 aromatic heterocycles. The lowest BCUT2D eigenvalue weighted by Crippen LogP contribution is -2.01. The predicted molar refractivity (Wildman–Crippen MR) is 79.8 cm³/mol. The molecule has 3 aromatic rings. The van der Waals surface area contributed by atoms with Crippen LogP contribution in [0.3, 0.4) is 0 Å². The highest BCUT2D eigenvalue weighted by atomic mass is 16.5. The van der Waals surface area contributed by atoms with E-state index in [1.807, 2.05) is 30.3 Å². The third-order valence-corrected chi connectivity index (χ3v) is 3.45. The van der Waals surface area contributed by atoms with Crippen LogP contribution < -0.4 is 9.47 Å². The van der Waals surface area contributed by atoms with Crippen LogP contribution in [0.1, 0.15) is 17.4 Å². The summed E-state index contributed by atoms with van der Waals surface area (Å²) in [6.45, 7) is 0. The van der Waals surface area contributed by atoms with E-state index in [1.165, 1.54) is 0 Å². The van der Waals surface area contributed by atoms with Gasteiger partial charge in [0.1, 0.15) is 28.9 Å². The van der Waals surface area contributed by atoms with Crippen molar-refractivity contribution in [2.75, 3.05) is 14.2 Å². The summed E-state index contributed by atoms with van der Waals surface area (Å²) in [4.78, 5) is 0. The first-order chi connectivity index (χ1) is 10.2. The quantitative estimate of drug-likeness (QED) is 0.796. The van der Waals surface area contributed by atoms with Gasteiger partial charge in [-0.2, -0.15) is 0 Å². The molecule has 2 aromatic carbocycles. The molecule has 1 atom stereocenters. The number of aliphatic hydroxyl groups excluding tert-OH is 1. The zero-order valence-electron chi connectivity index (χ0n) is 11.9. The Bertz CT molecular complexity index is 727. The van der Waals surface area contributed by atoms with Crippen molar-refractivity contribution in [2.24, 2.45) is 0 Å². The maximum atomic E-state index is 10.6. The summed E-state index contributed by atoms with van der Waals surface area (Å²) >= 11 is 0. The van der Waals surface area contributed by atoms with Gasteiger partial charge in [0.25, 0.3) is 0 Å². The van der Waals surface area contributed by atoms with E-state index in [-0.39, 0.29) is 0 Å². The molecule has 0 bridgehead atoms. The first-order valence-electron chi connectivity index (χ1n) is 6.61. The van der Waals surface area contributed by atoms with Gasteiger partial charge in [-0.05, 0) is 24.3 Å². The van der Waals surface area contributed by atoms with Crippen molar-refractivity contribution in [3.05, 3.63) is 59.9 Å². The van der Waals surface area contributed by atoms with Crippen LogP contribution in [0.4, 0.5) is 0 Å². The zero-order chi connectivity index (χ0) is 14.8. The summed E-state index contributed by atoms with van der Waals surface area (Å²) in [5, 5.41) is 11.5. The summed E-state index contributed by atoms with van der Waals surface area (Å²) in [6, 6.07) is 14.8. The van der Waals surface area contributed by atoms with Gasteiger partial charge in [0.15, 0.2) is 0 Å². The molecule has 0 saturated carbocycles. The van der Waals surface area contributed by atoms with Crippen molar-refractivity contribution >= 4 is 11.0 Å². The molecule has 0 aliphatic rings. The molecule has 0 saturated heterocycles. The van der Waals surface area contributed by atoms with Crippen molar-refractivity contribution in [3.8, 4) is 11.5 Å². The van der Waals surface area contributed by atoms with E-state index in [0.29, 0.717) is 22.8 Å². The minimum Gasteiger partial charge on any atom is -0.497 e. The fourth-order valence-electron chi connectivity index (χ4n) is 2.33. The minimum absolute atomic E-state index is 0.486. The number of hydrogen-bond donors (Lipinski definition) is 1. The van der Waals surface area contributed by atoms with Gasteiger partial charge in [-0.1, -0.05) is 18.2 Å². The van der Waals surface area contributed by atoms with Crippen LogP contribution in [0.2, 0.25) is 0 Å². The summed E-state index contributed by atoms with van der Waals surface area (Å²) in [7, 11) is 3.15. The van der Waals surface area contributed by atoms with Crippen LogP contribution in [0.5, 0.6) is 11.5 Å². The monoisotopic (exact) mass is 284 g/mol. The van der Waals surface area contributed by atoms with Crippen molar-refractivity contribution < 1.29 is 19.0 Å². The minimum atomic E-state index is -0.891. The van der Waals surface area contributed by atoms with E-state index >= 15 is 0 Å². The molecule has 0 fully saturated rings. The number of furan rings is 1. The molecule has 1 N–H and O–H groups in total. The highest BCUT2D eigenvalue weighted by Crippen LogP contribution is 2.35. The van der Waals surface area contributed by atoms with Crippen LogP contribution in [0.15, 0.2) is 52.9 Å². The number of aliphatic hydroxyl groups is 1. The standard InChI is InChI=1S/C17H16O4/c1-19-12-7-8-13(15(10-12)20-2)17(18)16-9-11-5-3-4-6-14(11)21-16/h3-10,17-18H,1-2H3/t17-/m1/s1. The van der Waals surface area contributed by atoms with Crippen molar-refractivity contribution in [3.63, 3.8) is 0 Å². The van der Waals surface area contributed by atoms with E-state index in [1.54, 1.807) is 32.4 Å². The number of rotatable bonds is 4. The van der Waals surface area contributed by atoms with Gasteiger partial charge in [-0.3, -0.25) is 0 Å². The Balaban J connectivity index is 2.02. The smallest absolute Gasteiger partial charge is 0.140 e. The topological polar surface area (TPSA) is 51.8 Å². The number of ether oxygens (including phenoxy) is 2. The number of methoxy groups -OCH3 is 2. The van der Waals surface area contributed by atoms with Crippen molar-refractivity contribution in [2.45, 2.75) is 6.10 Å². The first-order valence-corrected chi connectivity index (χ1v) is 6.61. The lowest BCUT2D eigenvalue weighted by Gasteiger charge is -2.14. The van der Waals surface area contributed by atoms with E-state index in [0.717, 1.165) is 11.0 Å². The maximum Gasteiger partial charge on any atom is 0.140 e. The zero-order valence-corrected chi connectivity index (χ0v) is 11.9. The highest BCUT2D eigenvalue weighted by molar-refractivity contribution is 5.78. The Morgan fingerprint density at radius 1 is 1.00 bits per heavy atom. The fraction of sp³-hybridized carbons (Fsp3) is 0.176. The van der Waals surface area contributed by atoms with E-state index < -0.39 is 6.10 Å². The summed E-state index contributed by atoms with van der Waals surface area (Å²) in [5.74, 6) is 1.72. The Hall–Kier alpha value is -2.46. The molecule has 0 aliphatic carbocycles. The number of hydrogen-bond acceptors (Lipinski definition) is 4. The molecular formula is C17H16O4. The second-order valence-corrected chi connectivity index (χ2v) is 4.70. The fourth-order valence-corrected chi connectivity index (χ4v) is 2.33. The largest absolute Gasteiger partial charge is 0.497 e. The molecule has 0 radical (unpaired) electrons. The lowest BCUT2D eigenvalue weighted by molar-refractivity contribution is 0.187. The van der Waals surface area contributed by atoms with Crippen LogP contribution in [0, 0.1) is 0 Å².